The SMILES string of the molecule is CN(CC1CCCCC1)C(=O)CN1CCC(OCc2ccccc2)CC1. The number of hydrogen-bond acceptors (Lipinski definition) is 3. The molecule has 0 unspecified atom stereocenters. The van der Waals surface area contributed by atoms with E-state index in [1.807, 2.05) is 18.0 Å². The average Bonchev–Trinajstić information content (AvgIpc) is 2.69. The van der Waals surface area contributed by atoms with E-state index in [1.54, 1.807) is 0 Å². The van der Waals surface area contributed by atoms with Gasteiger partial charge in [0.2, 0.25) is 5.91 Å². The third kappa shape index (κ3) is 6.10. The Morgan fingerprint density at radius 1 is 1.08 bits per heavy atom. The third-order valence-corrected chi connectivity index (χ3v) is 5.90. The Balaban J connectivity index is 1.33. The van der Waals surface area contributed by atoms with Crippen molar-refractivity contribution in [1.82, 2.24) is 9.80 Å². The predicted molar refractivity (Wildman–Crippen MR) is 105 cm³/mol. The van der Waals surface area contributed by atoms with Crippen LogP contribution in [0.5, 0.6) is 0 Å². The van der Waals surface area contributed by atoms with Gasteiger partial charge in [0, 0.05) is 26.7 Å². The summed E-state index contributed by atoms with van der Waals surface area (Å²) >= 11 is 0. The third-order valence-electron chi connectivity index (χ3n) is 5.90. The lowest BCUT2D eigenvalue weighted by Gasteiger charge is -2.33. The van der Waals surface area contributed by atoms with Crippen LogP contribution in [-0.2, 0) is 16.1 Å². The number of nitrogens with zero attached hydrogens (tertiary/aromatic N) is 2. The smallest absolute Gasteiger partial charge is 0.236 e. The van der Waals surface area contributed by atoms with Crippen molar-refractivity contribution < 1.29 is 9.53 Å². The van der Waals surface area contributed by atoms with Crippen LogP contribution in [0.3, 0.4) is 0 Å². The first-order chi connectivity index (χ1) is 12.7. The van der Waals surface area contributed by atoms with Gasteiger partial charge in [0.15, 0.2) is 0 Å². The molecule has 0 aromatic heterocycles. The van der Waals surface area contributed by atoms with E-state index >= 15 is 0 Å². The Morgan fingerprint density at radius 3 is 2.46 bits per heavy atom. The van der Waals surface area contributed by atoms with Crippen molar-refractivity contribution in [3.05, 3.63) is 35.9 Å². The van der Waals surface area contributed by atoms with Gasteiger partial charge < -0.3 is 9.64 Å². The molecule has 1 aliphatic carbocycles. The van der Waals surface area contributed by atoms with Crippen LogP contribution < -0.4 is 0 Å². The van der Waals surface area contributed by atoms with Gasteiger partial charge in [0.1, 0.15) is 0 Å². The quantitative estimate of drug-likeness (QED) is 0.745. The summed E-state index contributed by atoms with van der Waals surface area (Å²) in [5.74, 6) is 0.994. The lowest BCUT2D eigenvalue weighted by atomic mass is 9.89. The number of piperidine rings is 1. The van der Waals surface area contributed by atoms with Crippen LogP contribution in [0.4, 0.5) is 0 Å². The number of likely N-dealkylation sites (N-methyl/N-ethyl adjacent to an activating group) is 1. The normalized spacial score (nSPS) is 20.2. The minimum Gasteiger partial charge on any atom is -0.373 e. The maximum absolute atomic E-state index is 12.5. The van der Waals surface area contributed by atoms with E-state index < -0.39 is 0 Å². The predicted octanol–water partition coefficient (Wildman–Crippen LogP) is 3.71. The fourth-order valence-corrected chi connectivity index (χ4v) is 4.19. The highest BCUT2D eigenvalue weighted by Gasteiger charge is 2.24. The van der Waals surface area contributed by atoms with Gasteiger partial charge in [-0.1, -0.05) is 49.6 Å². The number of likely N-dealkylation sites (tertiary alicyclic amines) is 1. The first-order valence-electron chi connectivity index (χ1n) is 10.3. The molecule has 0 N–H and O–H groups in total. The van der Waals surface area contributed by atoms with Crippen LogP contribution in [0.2, 0.25) is 0 Å². The molecule has 144 valence electrons. The molecular formula is C22H34N2O2. The molecule has 4 heteroatoms. The van der Waals surface area contributed by atoms with Crippen LogP contribution in [0, 0.1) is 5.92 Å². The van der Waals surface area contributed by atoms with E-state index in [0.29, 0.717) is 19.3 Å². The summed E-state index contributed by atoms with van der Waals surface area (Å²) in [6.07, 6.45) is 8.99. The second-order valence-electron chi connectivity index (χ2n) is 8.05. The van der Waals surface area contributed by atoms with Crippen molar-refractivity contribution in [1.29, 1.82) is 0 Å². The first kappa shape index (κ1) is 19.4. The van der Waals surface area contributed by atoms with Crippen molar-refractivity contribution in [2.45, 2.75) is 57.7 Å². The largest absolute Gasteiger partial charge is 0.373 e. The summed E-state index contributed by atoms with van der Waals surface area (Å²) in [6.45, 7) is 4.11. The summed E-state index contributed by atoms with van der Waals surface area (Å²) < 4.78 is 6.05. The van der Waals surface area contributed by atoms with Gasteiger partial charge in [-0.3, -0.25) is 9.69 Å². The van der Waals surface area contributed by atoms with E-state index in [4.69, 9.17) is 4.74 Å². The molecule has 0 radical (unpaired) electrons. The minimum absolute atomic E-state index is 0.277. The van der Waals surface area contributed by atoms with Crippen molar-refractivity contribution >= 4 is 5.91 Å². The summed E-state index contributed by atoms with van der Waals surface area (Å²) in [7, 11) is 1.98. The lowest BCUT2D eigenvalue weighted by Crippen LogP contribution is -2.44. The monoisotopic (exact) mass is 358 g/mol. The molecular weight excluding hydrogens is 324 g/mol. The summed E-state index contributed by atoms with van der Waals surface area (Å²) in [6, 6.07) is 10.4. The lowest BCUT2D eigenvalue weighted by molar-refractivity contribution is -0.132. The molecule has 26 heavy (non-hydrogen) atoms. The van der Waals surface area contributed by atoms with Gasteiger partial charge in [0.25, 0.3) is 0 Å². The molecule has 4 nitrogen and oxygen atoms in total. The van der Waals surface area contributed by atoms with Crippen LogP contribution in [-0.4, -0.2) is 55.0 Å². The van der Waals surface area contributed by atoms with Gasteiger partial charge in [-0.15, -0.1) is 0 Å². The van der Waals surface area contributed by atoms with Crippen LogP contribution in [0.15, 0.2) is 30.3 Å². The zero-order valence-corrected chi connectivity index (χ0v) is 16.2. The van der Waals surface area contributed by atoms with E-state index in [2.05, 4.69) is 29.2 Å². The molecule has 1 aromatic carbocycles. The van der Waals surface area contributed by atoms with Crippen molar-refractivity contribution in [2.75, 3.05) is 33.2 Å². The Bertz CT molecular complexity index is 534. The summed E-state index contributed by atoms with van der Waals surface area (Å²) in [5.41, 5.74) is 1.23. The van der Waals surface area contributed by atoms with Gasteiger partial charge >= 0.3 is 0 Å². The molecule has 1 aliphatic heterocycles. The second kappa shape index (κ2) is 10.1. The molecule has 1 aromatic rings. The number of hydrogen-bond donors (Lipinski definition) is 0. The zero-order valence-electron chi connectivity index (χ0n) is 16.2. The van der Waals surface area contributed by atoms with E-state index in [0.717, 1.165) is 38.4 Å². The molecule has 2 fully saturated rings. The summed E-state index contributed by atoms with van der Waals surface area (Å²) in [4.78, 5) is 16.8. The van der Waals surface area contributed by atoms with Gasteiger partial charge in [-0.25, -0.2) is 0 Å². The highest BCUT2D eigenvalue weighted by Crippen LogP contribution is 2.24. The molecule has 1 saturated carbocycles. The standard InChI is InChI=1S/C22H34N2O2/c1-23(16-19-8-4-2-5-9-19)22(25)17-24-14-12-21(13-15-24)26-18-20-10-6-3-7-11-20/h3,6-7,10-11,19,21H,2,4-5,8-9,12-18H2,1H3. The Hall–Kier alpha value is -1.39. The van der Waals surface area contributed by atoms with Gasteiger partial charge in [-0.05, 0) is 37.2 Å². The molecule has 1 saturated heterocycles. The number of carbonyl (C=O) groups excluding carboxylic acids is 1. The molecule has 3 rings (SSSR count). The topological polar surface area (TPSA) is 32.8 Å². The summed E-state index contributed by atoms with van der Waals surface area (Å²) in [5, 5.41) is 0. The van der Waals surface area contributed by atoms with Crippen LogP contribution in [0.1, 0.15) is 50.5 Å². The Morgan fingerprint density at radius 2 is 1.77 bits per heavy atom. The van der Waals surface area contributed by atoms with Gasteiger partial charge in [-0.2, -0.15) is 0 Å². The first-order valence-corrected chi connectivity index (χ1v) is 10.3. The fraction of sp³-hybridized carbons (Fsp3) is 0.682. The number of ether oxygens (including phenoxy) is 1. The molecule has 0 spiro atoms. The van der Waals surface area contributed by atoms with Crippen molar-refractivity contribution in [2.24, 2.45) is 5.92 Å². The molecule has 0 bridgehead atoms. The molecule has 1 heterocycles. The molecule has 0 atom stereocenters. The number of rotatable bonds is 7. The highest BCUT2D eigenvalue weighted by molar-refractivity contribution is 5.78. The van der Waals surface area contributed by atoms with Crippen LogP contribution >= 0.6 is 0 Å². The van der Waals surface area contributed by atoms with Crippen molar-refractivity contribution in [3.8, 4) is 0 Å². The molecule has 1 amide bonds. The highest BCUT2D eigenvalue weighted by atomic mass is 16.5. The van der Waals surface area contributed by atoms with Crippen molar-refractivity contribution in [3.63, 3.8) is 0 Å². The zero-order chi connectivity index (χ0) is 18.2. The Labute approximate surface area is 158 Å². The average molecular weight is 359 g/mol. The number of benzene rings is 1. The van der Waals surface area contributed by atoms with Gasteiger partial charge in [0.05, 0.1) is 19.3 Å². The minimum atomic E-state index is 0.277. The second-order valence-corrected chi connectivity index (χ2v) is 8.05. The van der Waals surface area contributed by atoms with Crippen LogP contribution in [0.25, 0.3) is 0 Å². The van der Waals surface area contributed by atoms with E-state index in [1.165, 1.54) is 37.7 Å². The maximum atomic E-state index is 12.5. The number of carbonyl (C=O) groups is 1. The van der Waals surface area contributed by atoms with E-state index in [9.17, 15) is 4.79 Å². The maximum Gasteiger partial charge on any atom is 0.236 e. The number of amides is 1. The Kier molecular flexibility index (Phi) is 7.51. The fourth-order valence-electron chi connectivity index (χ4n) is 4.19. The molecule has 2 aliphatic rings. The van der Waals surface area contributed by atoms with E-state index in [-0.39, 0.29) is 5.91 Å².